The number of nitro groups is 1. The standard InChI is InChI=1S/C13H20N4O6/c1-13(2,3)23-5-4-10(12(19)20)15-11(18)8-16-7-9(6-14-16)17(21)22/h6-7,10H,4-5,8H2,1-3H3,(H,15,18)(H,19,20). The Labute approximate surface area is 132 Å². The van der Waals surface area contributed by atoms with Crippen molar-refractivity contribution in [3.8, 4) is 0 Å². The van der Waals surface area contributed by atoms with E-state index in [1.54, 1.807) is 0 Å². The number of carbonyl (C=O) groups is 2. The van der Waals surface area contributed by atoms with Gasteiger partial charge in [0.1, 0.15) is 25.0 Å². The molecule has 1 atom stereocenters. The molecule has 0 fully saturated rings. The van der Waals surface area contributed by atoms with Crippen molar-refractivity contribution in [3.05, 3.63) is 22.5 Å². The van der Waals surface area contributed by atoms with Gasteiger partial charge in [0.05, 0.1) is 10.5 Å². The molecule has 1 rings (SSSR count). The van der Waals surface area contributed by atoms with Crippen LogP contribution in [0.2, 0.25) is 0 Å². The Bertz CT molecular complexity index is 577. The Morgan fingerprint density at radius 1 is 1.52 bits per heavy atom. The zero-order chi connectivity index (χ0) is 17.6. The summed E-state index contributed by atoms with van der Waals surface area (Å²) in [5.74, 6) is -1.78. The molecule has 128 valence electrons. The van der Waals surface area contributed by atoms with Gasteiger partial charge in [-0.15, -0.1) is 0 Å². The van der Waals surface area contributed by atoms with Crippen LogP contribution in [0.3, 0.4) is 0 Å². The maximum atomic E-state index is 11.8. The molecule has 1 unspecified atom stereocenters. The van der Waals surface area contributed by atoms with E-state index >= 15 is 0 Å². The molecule has 1 aromatic heterocycles. The van der Waals surface area contributed by atoms with E-state index in [-0.39, 0.29) is 25.3 Å². The molecule has 0 aliphatic carbocycles. The summed E-state index contributed by atoms with van der Waals surface area (Å²) >= 11 is 0. The van der Waals surface area contributed by atoms with Crippen LogP contribution in [-0.2, 0) is 20.9 Å². The highest BCUT2D eigenvalue weighted by atomic mass is 16.6. The van der Waals surface area contributed by atoms with Crippen LogP contribution in [0.5, 0.6) is 0 Å². The lowest BCUT2D eigenvalue weighted by molar-refractivity contribution is -0.385. The van der Waals surface area contributed by atoms with Crippen LogP contribution in [0, 0.1) is 10.1 Å². The van der Waals surface area contributed by atoms with Crippen LogP contribution < -0.4 is 5.32 Å². The molecule has 0 radical (unpaired) electrons. The summed E-state index contributed by atoms with van der Waals surface area (Å²) in [5, 5.41) is 25.6. The topological polar surface area (TPSA) is 137 Å². The monoisotopic (exact) mass is 328 g/mol. The molecule has 2 N–H and O–H groups in total. The third-order valence-electron chi connectivity index (χ3n) is 2.71. The fourth-order valence-electron chi connectivity index (χ4n) is 1.66. The average Bonchev–Trinajstić information content (AvgIpc) is 2.84. The first kappa shape index (κ1) is 18.6. The molecule has 0 saturated carbocycles. The van der Waals surface area contributed by atoms with Gasteiger partial charge in [0, 0.05) is 13.0 Å². The number of nitrogens with one attached hydrogen (secondary N) is 1. The molecule has 0 aromatic carbocycles. The van der Waals surface area contributed by atoms with Crippen molar-refractivity contribution in [1.29, 1.82) is 0 Å². The summed E-state index contributed by atoms with van der Waals surface area (Å²) < 4.78 is 6.50. The van der Waals surface area contributed by atoms with Crippen molar-refractivity contribution in [2.45, 2.75) is 45.4 Å². The zero-order valence-corrected chi connectivity index (χ0v) is 13.2. The smallest absolute Gasteiger partial charge is 0.326 e. The van der Waals surface area contributed by atoms with Gasteiger partial charge in [0.25, 0.3) is 0 Å². The molecule has 1 amide bonds. The zero-order valence-electron chi connectivity index (χ0n) is 13.2. The maximum Gasteiger partial charge on any atom is 0.326 e. The third kappa shape index (κ3) is 6.87. The minimum absolute atomic E-state index is 0.109. The number of carboxylic acids is 1. The Balaban J connectivity index is 2.53. The first-order valence-electron chi connectivity index (χ1n) is 6.91. The van der Waals surface area contributed by atoms with E-state index in [1.807, 2.05) is 20.8 Å². The van der Waals surface area contributed by atoms with Crippen LogP contribution in [0.4, 0.5) is 5.69 Å². The maximum absolute atomic E-state index is 11.8. The Morgan fingerprint density at radius 2 is 2.17 bits per heavy atom. The summed E-state index contributed by atoms with van der Waals surface area (Å²) in [6.45, 7) is 5.38. The number of aliphatic carboxylic acids is 1. The fraction of sp³-hybridized carbons (Fsp3) is 0.615. The number of amides is 1. The quantitative estimate of drug-likeness (QED) is 0.525. The molecule has 0 bridgehead atoms. The van der Waals surface area contributed by atoms with Crippen LogP contribution in [0.1, 0.15) is 27.2 Å². The number of ether oxygens (including phenoxy) is 1. The van der Waals surface area contributed by atoms with Gasteiger partial charge in [-0.3, -0.25) is 19.6 Å². The molecule has 0 aliphatic heterocycles. The van der Waals surface area contributed by atoms with Crippen LogP contribution in [0.25, 0.3) is 0 Å². The number of carbonyl (C=O) groups excluding carboxylic acids is 1. The molecule has 10 heteroatoms. The van der Waals surface area contributed by atoms with Gasteiger partial charge >= 0.3 is 11.7 Å². The highest BCUT2D eigenvalue weighted by Gasteiger charge is 2.21. The molecular formula is C13H20N4O6. The van der Waals surface area contributed by atoms with E-state index in [9.17, 15) is 19.7 Å². The van der Waals surface area contributed by atoms with Gasteiger partial charge in [-0.05, 0) is 20.8 Å². The van der Waals surface area contributed by atoms with Crippen molar-refractivity contribution < 1.29 is 24.4 Å². The lowest BCUT2D eigenvalue weighted by Crippen LogP contribution is -2.43. The molecular weight excluding hydrogens is 308 g/mol. The molecule has 0 spiro atoms. The van der Waals surface area contributed by atoms with Gasteiger partial charge < -0.3 is 15.2 Å². The second kappa shape index (κ2) is 7.68. The Kier molecular flexibility index (Phi) is 6.19. The molecule has 1 heterocycles. The van der Waals surface area contributed by atoms with E-state index in [4.69, 9.17) is 9.84 Å². The highest BCUT2D eigenvalue weighted by Crippen LogP contribution is 2.09. The number of nitrogens with zero attached hydrogens (tertiary/aromatic N) is 3. The van der Waals surface area contributed by atoms with Crippen LogP contribution >= 0.6 is 0 Å². The first-order valence-corrected chi connectivity index (χ1v) is 6.91. The van der Waals surface area contributed by atoms with Crippen LogP contribution in [0.15, 0.2) is 12.4 Å². The van der Waals surface area contributed by atoms with Crippen molar-refractivity contribution in [3.63, 3.8) is 0 Å². The normalized spacial score (nSPS) is 12.7. The largest absolute Gasteiger partial charge is 0.480 e. The summed E-state index contributed by atoms with van der Waals surface area (Å²) in [4.78, 5) is 32.9. The van der Waals surface area contributed by atoms with Gasteiger partial charge in [0.15, 0.2) is 0 Å². The number of aromatic nitrogens is 2. The third-order valence-corrected chi connectivity index (χ3v) is 2.71. The van der Waals surface area contributed by atoms with Gasteiger partial charge in [-0.1, -0.05) is 0 Å². The predicted molar refractivity (Wildman–Crippen MR) is 78.8 cm³/mol. The second-order valence-electron chi connectivity index (χ2n) is 5.86. The number of hydrogen-bond acceptors (Lipinski definition) is 6. The number of rotatable bonds is 8. The molecule has 1 aromatic rings. The van der Waals surface area contributed by atoms with Crippen molar-refractivity contribution in [1.82, 2.24) is 15.1 Å². The minimum atomic E-state index is -1.18. The van der Waals surface area contributed by atoms with Gasteiger partial charge in [0.2, 0.25) is 5.91 Å². The lowest BCUT2D eigenvalue weighted by atomic mass is 10.2. The molecule has 10 nitrogen and oxygen atoms in total. The molecule has 0 saturated heterocycles. The predicted octanol–water partition coefficient (Wildman–Crippen LogP) is 0.566. The first-order chi connectivity index (χ1) is 10.6. The summed E-state index contributed by atoms with van der Waals surface area (Å²) in [7, 11) is 0. The second-order valence-corrected chi connectivity index (χ2v) is 5.86. The highest BCUT2D eigenvalue weighted by molar-refractivity contribution is 5.83. The van der Waals surface area contributed by atoms with E-state index in [0.717, 1.165) is 17.1 Å². The summed E-state index contributed by atoms with van der Waals surface area (Å²) in [6, 6.07) is -1.10. The van der Waals surface area contributed by atoms with Gasteiger partial charge in [-0.2, -0.15) is 5.10 Å². The summed E-state index contributed by atoms with van der Waals surface area (Å²) in [5.41, 5.74) is -0.646. The average molecular weight is 328 g/mol. The number of carboxylic acid groups (broad SMARTS) is 1. The minimum Gasteiger partial charge on any atom is -0.480 e. The molecule has 23 heavy (non-hydrogen) atoms. The Morgan fingerprint density at radius 3 is 2.65 bits per heavy atom. The van der Waals surface area contributed by atoms with E-state index in [0.29, 0.717) is 0 Å². The van der Waals surface area contributed by atoms with E-state index < -0.39 is 28.4 Å². The van der Waals surface area contributed by atoms with Crippen LogP contribution in [-0.4, -0.2) is 49.9 Å². The SMILES string of the molecule is CC(C)(C)OCCC(NC(=O)Cn1cc([N+](=O)[O-])cn1)C(=O)O. The molecule has 0 aliphatic rings. The number of hydrogen-bond donors (Lipinski definition) is 2. The van der Waals surface area contributed by atoms with Crippen molar-refractivity contribution in [2.75, 3.05) is 6.61 Å². The summed E-state index contributed by atoms with van der Waals surface area (Å²) in [6.07, 6.45) is 2.22. The van der Waals surface area contributed by atoms with E-state index in [2.05, 4.69) is 10.4 Å². The Hall–Kier alpha value is -2.49. The lowest BCUT2D eigenvalue weighted by Gasteiger charge is -2.21. The van der Waals surface area contributed by atoms with E-state index in [1.165, 1.54) is 0 Å². The fourth-order valence-corrected chi connectivity index (χ4v) is 1.66. The van der Waals surface area contributed by atoms with Crippen molar-refractivity contribution >= 4 is 17.6 Å². The van der Waals surface area contributed by atoms with Crippen molar-refractivity contribution in [2.24, 2.45) is 0 Å². The van der Waals surface area contributed by atoms with Gasteiger partial charge in [-0.25, -0.2) is 4.79 Å².